The zero-order chi connectivity index (χ0) is 53.0. The van der Waals surface area contributed by atoms with Crippen molar-refractivity contribution in [3.63, 3.8) is 0 Å². The first-order chi connectivity index (χ1) is 32.4. The van der Waals surface area contributed by atoms with Crippen molar-refractivity contribution in [1.29, 1.82) is 0 Å². The smallest absolute Gasteiger partial charge is 0.308 e. The predicted octanol–water partition coefficient (Wildman–Crippen LogP) is 16.8. The van der Waals surface area contributed by atoms with Crippen LogP contribution in [0.25, 0.3) is 0 Å². The lowest BCUT2D eigenvalue weighted by molar-refractivity contribution is -0.433. The first-order valence-electron chi connectivity index (χ1n) is 26.1. The van der Waals surface area contributed by atoms with Crippen LogP contribution in [0, 0.1) is 11.8 Å². The Kier molecular flexibility index (Phi) is 38.1. The molecule has 0 amide bonds. The van der Waals surface area contributed by atoms with Gasteiger partial charge in [0.2, 0.25) is 5.12 Å². The topological polar surface area (TPSA) is 90.9 Å². The molecule has 0 rings (SSSR count). The average Bonchev–Trinajstić information content (AvgIpc) is 3.27. The summed E-state index contributed by atoms with van der Waals surface area (Å²) in [6, 6.07) is 0. The molecule has 0 radical (unpaired) electrons. The van der Waals surface area contributed by atoms with Crippen LogP contribution < -0.4 is 0 Å². The van der Waals surface area contributed by atoms with Crippen LogP contribution in [0.1, 0.15) is 189 Å². The van der Waals surface area contributed by atoms with Crippen LogP contribution in [0.15, 0.2) is 0 Å². The van der Waals surface area contributed by atoms with Crippen molar-refractivity contribution in [3.05, 3.63) is 0 Å². The molecule has 0 bridgehead atoms. The highest BCUT2D eigenvalue weighted by molar-refractivity contribution is 8.76. The van der Waals surface area contributed by atoms with Crippen LogP contribution in [0.2, 0.25) is 0 Å². The number of thioether (sulfide) groups is 7. The summed E-state index contributed by atoms with van der Waals surface area (Å²) in [6.07, 6.45) is 8.84. The molecule has 0 aliphatic heterocycles. The van der Waals surface area contributed by atoms with Gasteiger partial charge in [-0.05, 0) is 128 Å². The molecule has 0 aliphatic carbocycles. The molecule has 0 aromatic rings. The summed E-state index contributed by atoms with van der Waals surface area (Å²) in [5.74, 6) is 1.21. The Hall–Kier alpha value is 2.63. The van der Waals surface area contributed by atoms with Crippen molar-refractivity contribution in [1.82, 2.24) is 0 Å². The summed E-state index contributed by atoms with van der Waals surface area (Å²) in [5.41, 5.74) is -0.737. The van der Waals surface area contributed by atoms with E-state index in [1.54, 1.807) is 42.4 Å². The van der Waals surface area contributed by atoms with E-state index >= 15 is 4.21 Å². The third kappa shape index (κ3) is 22.9. The molecule has 416 valence electrons. The first kappa shape index (κ1) is 71.6. The largest absolute Gasteiger partial charge is 0.337 e. The van der Waals surface area contributed by atoms with Crippen molar-refractivity contribution in [3.8, 4) is 0 Å². The molecule has 8 atom stereocenters. The van der Waals surface area contributed by atoms with E-state index in [2.05, 4.69) is 131 Å². The van der Waals surface area contributed by atoms with Crippen LogP contribution in [0.4, 0.5) is 0 Å². The van der Waals surface area contributed by atoms with E-state index in [9.17, 15) is 0 Å². The van der Waals surface area contributed by atoms with Gasteiger partial charge in [-0.15, -0.1) is 58.8 Å². The van der Waals surface area contributed by atoms with Crippen molar-refractivity contribution >= 4 is 103 Å². The van der Waals surface area contributed by atoms with Gasteiger partial charge in [0.05, 0.1) is 37.6 Å². The van der Waals surface area contributed by atoms with Crippen LogP contribution in [-0.2, 0) is 47.7 Å². The molecule has 69 heavy (non-hydrogen) atoms. The second-order valence-electron chi connectivity index (χ2n) is 19.5. The molecule has 0 N–H and O–H groups in total. The number of rotatable bonds is 45. The fraction of sp³-hybridized carbons (Fsp3) is 1.00. The fourth-order valence-corrected chi connectivity index (χ4v) is 26.3. The third-order valence-electron chi connectivity index (χ3n) is 9.81. The van der Waals surface area contributed by atoms with Gasteiger partial charge in [-0.2, -0.15) is 0 Å². The van der Waals surface area contributed by atoms with Crippen molar-refractivity contribution < 1.29 is 42.1 Å². The summed E-state index contributed by atoms with van der Waals surface area (Å²) < 4.78 is 70.2. The van der Waals surface area contributed by atoms with E-state index in [0.717, 1.165) is 68.0 Å². The van der Waals surface area contributed by atoms with Gasteiger partial charge in [0.15, 0.2) is 7.49 Å². The fourth-order valence-electron chi connectivity index (χ4n) is 6.79. The van der Waals surface area contributed by atoms with Gasteiger partial charge < -0.3 is 37.9 Å². The second kappa shape index (κ2) is 36.7. The van der Waals surface area contributed by atoms with E-state index in [0.29, 0.717) is 50.9 Å². The monoisotopic (exact) mass is 1150 g/mol. The van der Waals surface area contributed by atoms with Gasteiger partial charge in [0, 0.05) is 31.1 Å². The number of ether oxygens (including phenoxy) is 8. The van der Waals surface area contributed by atoms with Crippen LogP contribution in [-0.4, -0.2) is 124 Å². The Morgan fingerprint density at radius 2 is 1.32 bits per heavy atom. The normalized spacial score (nSPS) is 19.0. The Balaban J connectivity index is 9.87. The maximum Gasteiger partial charge on any atom is 0.308 e. The van der Waals surface area contributed by atoms with E-state index in [-0.39, 0.29) is 23.4 Å². The van der Waals surface area contributed by atoms with E-state index in [1.807, 2.05) is 54.0 Å². The zero-order valence-corrected chi connectivity index (χ0v) is 54.8. The average molecular weight is 1150 g/mol. The minimum Gasteiger partial charge on any atom is -0.337 e. The van der Waals surface area contributed by atoms with Crippen molar-refractivity contribution in [2.24, 2.45) is 11.8 Å². The molecule has 0 aromatic heterocycles. The molecule has 0 saturated heterocycles. The summed E-state index contributed by atoms with van der Waals surface area (Å²) >= 11 is 12.6. The maximum absolute atomic E-state index is 16.5. The van der Waals surface area contributed by atoms with Crippen LogP contribution in [0.5, 0.6) is 0 Å². The minimum atomic E-state index is -1.81. The number of methoxy groups -OCH3 is 1. The highest BCUT2D eigenvalue weighted by Crippen LogP contribution is 2.76. The summed E-state index contributed by atoms with van der Waals surface area (Å²) in [4.78, 5) is 0. The quantitative estimate of drug-likeness (QED) is 0.0329. The van der Waals surface area contributed by atoms with Gasteiger partial charge in [-0.25, -0.2) is 4.21 Å². The molecule has 0 aromatic carbocycles. The standard InChI is InChI=1S/C51H104O9S9/c1-22-29-34-56-48(58-42(12)13,57-38-40(8)9)47(50(62-28-7,63-35-25-4)67-43(14)15,49(61-21,59-44(16)26-5)60-45(17,18)19)68-51(64-36-30-23-2,65-39-41(10)11)69(52)66-37-31-32-46(53-20,54-27-6)55-33-24-3/h40-44H,22-39H2,1-21H3. The molecule has 0 heterocycles. The van der Waals surface area contributed by atoms with E-state index in [4.69, 9.17) is 37.9 Å². The molecule has 0 aliphatic rings. The first-order valence-corrected chi connectivity index (χ1v) is 35.6. The maximum atomic E-state index is 16.5. The van der Waals surface area contributed by atoms with Gasteiger partial charge in [0.25, 0.3) is 5.97 Å². The van der Waals surface area contributed by atoms with Crippen LogP contribution in [0.3, 0.4) is 0 Å². The molecule has 0 fully saturated rings. The Morgan fingerprint density at radius 3 is 1.80 bits per heavy atom. The molecule has 0 saturated carbocycles. The Labute approximate surface area is 462 Å². The van der Waals surface area contributed by atoms with Crippen molar-refractivity contribution in [2.75, 3.05) is 68.6 Å². The number of hydrogen-bond acceptors (Lipinski definition) is 17. The molecule has 8 unspecified atom stereocenters. The highest BCUT2D eigenvalue weighted by Gasteiger charge is 2.82. The predicted molar refractivity (Wildman–Crippen MR) is 320 cm³/mol. The SMILES string of the molecule is CCCCOC(OCC(C)C)(OC(C)C)C(SC(SCCCC)(SCC(C)C)S(=O)SCCCC(OC)(OCC)OCCC)(C(OC(C)CC)(OC(C)(C)C)SC)C(SCC)(SCCC)SC(C)C. The third-order valence-corrected chi connectivity index (χ3v) is 28.3. The summed E-state index contributed by atoms with van der Waals surface area (Å²) in [6.45, 7) is 42.9. The Morgan fingerprint density at radius 1 is 0.652 bits per heavy atom. The molecule has 18 heteroatoms. The van der Waals surface area contributed by atoms with Gasteiger partial charge in [-0.3, -0.25) is 0 Å². The van der Waals surface area contributed by atoms with Gasteiger partial charge in [0.1, 0.15) is 13.2 Å². The van der Waals surface area contributed by atoms with Crippen molar-refractivity contribution in [2.45, 2.75) is 240 Å². The van der Waals surface area contributed by atoms with Gasteiger partial charge >= 0.3 is 5.97 Å². The minimum absolute atomic E-state index is 0.121. The molecule has 0 spiro atoms. The van der Waals surface area contributed by atoms with E-state index in [1.165, 1.54) is 10.8 Å². The molecular formula is C51H104O9S9. The van der Waals surface area contributed by atoms with Gasteiger partial charge in [-0.1, -0.05) is 130 Å². The summed E-state index contributed by atoms with van der Waals surface area (Å²) in [5, 5.41) is -1.40. The lowest BCUT2D eigenvalue weighted by Crippen LogP contribution is -2.78. The van der Waals surface area contributed by atoms with E-state index < -0.39 is 43.4 Å². The second-order valence-corrected chi connectivity index (χ2v) is 34.6. The Bertz CT molecular complexity index is 1330. The number of hydrogen-bond donors (Lipinski definition) is 0. The number of unbranched alkanes of at least 4 members (excludes halogenated alkanes) is 2. The lowest BCUT2D eigenvalue weighted by Gasteiger charge is -2.65. The zero-order valence-electron chi connectivity index (χ0n) is 47.5. The highest BCUT2D eigenvalue weighted by atomic mass is 33.1. The lowest BCUT2D eigenvalue weighted by atomic mass is 10.0. The molecular weight excluding hydrogens is 1050 g/mol. The molecule has 9 nitrogen and oxygen atoms in total. The van der Waals surface area contributed by atoms with Crippen LogP contribution >= 0.6 is 93.1 Å². The summed E-state index contributed by atoms with van der Waals surface area (Å²) in [7, 11) is 1.60.